The SMILES string of the molecule is C=CCOC12Oc3ccc(Oc4ccc(-c5ccccc5)cc4)cc3C3C(CCCCO)C(CCCCO)C=C(C(=NOC4CCCCO4)CC1N(Cc1ccc4c(c1)OCO4)C(=O)C=Cc1ccc([N+](=O)[O-])cc1)C32. The molecular formula is C61H65N3O12. The van der Waals surface area contributed by atoms with Gasteiger partial charge in [-0.15, -0.1) is 6.58 Å². The van der Waals surface area contributed by atoms with E-state index in [0.717, 1.165) is 66.4 Å². The quantitative estimate of drug-likeness (QED) is 0.0220. The van der Waals surface area contributed by atoms with E-state index in [1.54, 1.807) is 29.2 Å². The molecular weight excluding hydrogens is 967 g/mol. The first kappa shape index (κ1) is 52.2. The Kier molecular flexibility index (Phi) is 16.6. The van der Waals surface area contributed by atoms with Crippen LogP contribution in [-0.2, 0) is 25.7 Å². The molecule has 3 heterocycles. The summed E-state index contributed by atoms with van der Waals surface area (Å²) < 4.78 is 39.1. The summed E-state index contributed by atoms with van der Waals surface area (Å²) in [5.41, 5.74) is 5.89. The first-order valence-electron chi connectivity index (χ1n) is 26.6. The zero-order chi connectivity index (χ0) is 52.4. The van der Waals surface area contributed by atoms with Crippen molar-refractivity contribution in [2.45, 2.75) is 94.8 Å². The number of nitro benzene ring substituents is 1. The minimum absolute atomic E-state index is 0.00308. The van der Waals surface area contributed by atoms with Gasteiger partial charge in [-0.2, -0.15) is 0 Å². The number of benzene rings is 5. The molecule has 15 heteroatoms. The second kappa shape index (κ2) is 24.1. The molecule has 3 aliphatic heterocycles. The van der Waals surface area contributed by atoms with E-state index in [1.807, 2.05) is 72.8 Å². The highest BCUT2D eigenvalue weighted by Crippen LogP contribution is 2.62. The Morgan fingerprint density at radius 3 is 2.36 bits per heavy atom. The van der Waals surface area contributed by atoms with Crippen molar-refractivity contribution in [3.8, 4) is 39.9 Å². The fourth-order valence-corrected chi connectivity index (χ4v) is 11.7. The second-order valence-electron chi connectivity index (χ2n) is 20.0. The molecule has 5 aromatic carbocycles. The number of hydrogen-bond donors (Lipinski definition) is 2. The Morgan fingerprint density at radius 1 is 0.855 bits per heavy atom. The summed E-state index contributed by atoms with van der Waals surface area (Å²) in [6.07, 6.45) is 13.6. The smallest absolute Gasteiger partial charge is 0.269 e. The molecule has 10 rings (SSSR count). The zero-order valence-electron chi connectivity index (χ0n) is 42.6. The molecule has 1 saturated carbocycles. The number of rotatable bonds is 22. The highest BCUT2D eigenvalue weighted by molar-refractivity contribution is 6.03. The van der Waals surface area contributed by atoms with E-state index >= 15 is 4.79 Å². The fraction of sp³-hybridized carbons (Fsp3) is 0.377. The standard InChI is InChI=1S/C61H65N3O12/c1-2-33-73-61-56(63(39-42-19-28-54-55(35-42)72-40-71-54)57(67)30-20-41-17-23-46(24-18-41)64(68)69)38-52(62-76-58-16-8-11-34-70-58)50-36-45(14-6-9-31-65)49(15-7-10-32-66)59(60(50)61)51-37-48(27-29-53(51)75-61)74-47-25-21-44(22-26-47)43-12-4-3-5-13-43/h2-5,12-13,17-30,35-37,45,49,56,58-60,65-66H,1,6-11,14-16,31-34,38-40H2. The van der Waals surface area contributed by atoms with Crippen LogP contribution in [0.3, 0.4) is 0 Å². The summed E-state index contributed by atoms with van der Waals surface area (Å²) >= 11 is 0. The normalized spacial score (nSPS) is 23.7. The molecule has 0 bridgehead atoms. The number of allylic oxidation sites excluding steroid dienone is 1. The molecule has 1 amide bonds. The number of aliphatic hydroxyl groups excluding tert-OH is 2. The van der Waals surface area contributed by atoms with Crippen molar-refractivity contribution in [1.29, 1.82) is 0 Å². The molecule has 1 saturated heterocycles. The number of unbranched alkanes of at least 4 members (excludes halogenated alkanes) is 2. The Hall–Kier alpha value is -7.30. The Labute approximate surface area is 443 Å². The number of hydrogen-bond acceptors (Lipinski definition) is 13. The highest BCUT2D eigenvalue weighted by atomic mass is 16.8. The summed E-state index contributed by atoms with van der Waals surface area (Å²) in [5.74, 6) is 0.140. The van der Waals surface area contributed by atoms with Crippen LogP contribution >= 0.6 is 0 Å². The number of non-ortho nitro benzene ring substituents is 1. The molecule has 5 aromatic rings. The molecule has 5 aliphatic rings. The van der Waals surface area contributed by atoms with Gasteiger partial charge in [-0.1, -0.05) is 78.7 Å². The average molecular weight is 1030 g/mol. The van der Waals surface area contributed by atoms with Gasteiger partial charge in [0.05, 0.1) is 29.8 Å². The third kappa shape index (κ3) is 11.4. The molecule has 15 nitrogen and oxygen atoms in total. The van der Waals surface area contributed by atoms with Gasteiger partial charge in [-0.25, -0.2) is 0 Å². The van der Waals surface area contributed by atoms with Crippen LogP contribution in [0.4, 0.5) is 5.69 Å². The summed E-state index contributed by atoms with van der Waals surface area (Å²) in [6.45, 7) is 5.00. The fourth-order valence-electron chi connectivity index (χ4n) is 11.7. The molecule has 396 valence electrons. The number of oxime groups is 1. The Balaban J connectivity index is 1.14. The maximum absolute atomic E-state index is 15.5. The maximum atomic E-state index is 15.5. The number of nitrogens with zero attached hydrogens (tertiary/aromatic N) is 3. The summed E-state index contributed by atoms with van der Waals surface area (Å²) in [6, 6.07) is 34.9. The van der Waals surface area contributed by atoms with E-state index in [4.69, 9.17) is 38.4 Å². The average Bonchev–Trinajstić information content (AvgIpc) is 4.08. The number of carbonyl (C=O) groups is 1. The van der Waals surface area contributed by atoms with Crippen LogP contribution in [0.2, 0.25) is 0 Å². The molecule has 2 aliphatic carbocycles. The van der Waals surface area contributed by atoms with Crippen molar-refractivity contribution >= 4 is 23.4 Å². The predicted molar refractivity (Wildman–Crippen MR) is 287 cm³/mol. The third-order valence-electron chi connectivity index (χ3n) is 15.2. The Morgan fingerprint density at radius 2 is 1.61 bits per heavy atom. The van der Waals surface area contributed by atoms with E-state index < -0.39 is 29.0 Å². The molecule has 0 radical (unpaired) electrons. The molecule has 2 fully saturated rings. The maximum Gasteiger partial charge on any atom is 0.269 e. The largest absolute Gasteiger partial charge is 0.459 e. The number of fused-ring (bicyclic) bond motifs is 3. The summed E-state index contributed by atoms with van der Waals surface area (Å²) in [5, 5.41) is 36.8. The van der Waals surface area contributed by atoms with Crippen molar-refractivity contribution in [3.63, 3.8) is 0 Å². The Bertz CT molecular complexity index is 2920. The van der Waals surface area contributed by atoms with Crippen molar-refractivity contribution in [1.82, 2.24) is 4.90 Å². The van der Waals surface area contributed by atoms with Crippen molar-refractivity contribution in [2.24, 2.45) is 22.9 Å². The van der Waals surface area contributed by atoms with E-state index in [0.29, 0.717) is 65.9 Å². The molecule has 0 spiro atoms. The van der Waals surface area contributed by atoms with Crippen LogP contribution < -0.4 is 18.9 Å². The van der Waals surface area contributed by atoms with Crippen molar-refractivity contribution in [3.05, 3.63) is 172 Å². The van der Waals surface area contributed by atoms with E-state index in [2.05, 4.69) is 30.9 Å². The van der Waals surface area contributed by atoms with Gasteiger partial charge in [0.25, 0.3) is 5.69 Å². The lowest BCUT2D eigenvalue weighted by Gasteiger charge is -2.60. The first-order chi connectivity index (χ1) is 37.2. The summed E-state index contributed by atoms with van der Waals surface area (Å²) in [7, 11) is 0. The molecule has 2 N–H and O–H groups in total. The van der Waals surface area contributed by atoms with Crippen molar-refractivity contribution in [2.75, 3.05) is 33.2 Å². The van der Waals surface area contributed by atoms with Crippen LogP contribution in [0.5, 0.6) is 28.7 Å². The number of aliphatic hydroxyl groups is 2. The van der Waals surface area contributed by atoms with Crippen LogP contribution in [0.1, 0.15) is 86.8 Å². The van der Waals surface area contributed by atoms with E-state index in [9.17, 15) is 20.3 Å². The van der Waals surface area contributed by atoms with Gasteiger partial charge in [0, 0.05) is 62.3 Å². The van der Waals surface area contributed by atoms with Crippen molar-refractivity contribution < 1.29 is 53.2 Å². The predicted octanol–water partition coefficient (Wildman–Crippen LogP) is 11.7. The molecule has 76 heavy (non-hydrogen) atoms. The lowest BCUT2D eigenvalue weighted by Crippen LogP contribution is -2.70. The van der Waals surface area contributed by atoms with Gasteiger partial charge >= 0.3 is 0 Å². The van der Waals surface area contributed by atoms with Crippen LogP contribution in [0, 0.1) is 27.9 Å². The number of nitro groups is 1. The number of carbonyl (C=O) groups excluding carboxylic acids is 1. The van der Waals surface area contributed by atoms with Crippen LogP contribution in [0.15, 0.2) is 151 Å². The minimum atomic E-state index is -1.56. The van der Waals surface area contributed by atoms with Gasteiger partial charge in [-0.05, 0) is 139 Å². The zero-order valence-corrected chi connectivity index (χ0v) is 42.6. The van der Waals surface area contributed by atoms with Gasteiger partial charge in [-0.3, -0.25) is 14.9 Å². The number of ether oxygens (including phenoxy) is 6. The molecule has 7 unspecified atom stereocenters. The first-order valence-corrected chi connectivity index (χ1v) is 26.6. The molecule has 7 atom stereocenters. The lowest BCUT2D eigenvalue weighted by molar-refractivity contribution is -0.384. The van der Waals surface area contributed by atoms with Gasteiger partial charge in [0.15, 0.2) is 11.5 Å². The second-order valence-corrected chi connectivity index (χ2v) is 20.0. The lowest BCUT2D eigenvalue weighted by atomic mass is 9.55. The third-order valence-corrected chi connectivity index (χ3v) is 15.2. The van der Waals surface area contributed by atoms with Crippen LogP contribution in [0.25, 0.3) is 17.2 Å². The van der Waals surface area contributed by atoms with Crippen LogP contribution in [-0.4, -0.2) is 83.0 Å². The highest BCUT2D eigenvalue weighted by Gasteiger charge is 2.65. The van der Waals surface area contributed by atoms with E-state index in [1.165, 1.54) is 18.2 Å². The van der Waals surface area contributed by atoms with E-state index in [-0.39, 0.29) is 68.9 Å². The monoisotopic (exact) mass is 1030 g/mol. The van der Waals surface area contributed by atoms with Gasteiger partial charge < -0.3 is 48.4 Å². The van der Waals surface area contributed by atoms with Gasteiger partial charge in [0.1, 0.15) is 23.3 Å². The summed E-state index contributed by atoms with van der Waals surface area (Å²) in [4.78, 5) is 34.7. The topological polar surface area (TPSA) is 181 Å². The minimum Gasteiger partial charge on any atom is -0.459 e. The van der Waals surface area contributed by atoms with Gasteiger partial charge in [0.2, 0.25) is 24.8 Å². The molecule has 0 aromatic heterocycles. The number of amides is 1.